The first-order chi connectivity index (χ1) is 13.7. The number of ether oxygens (including phenoxy) is 2. The van der Waals surface area contributed by atoms with Crippen LogP contribution in [0.3, 0.4) is 0 Å². The number of terminal acetylenes is 1. The lowest BCUT2D eigenvalue weighted by Gasteiger charge is -2.35. The Labute approximate surface area is 171 Å². The van der Waals surface area contributed by atoms with Crippen LogP contribution in [0.1, 0.15) is 16.7 Å². The van der Waals surface area contributed by atoms with Crippen LogP contribution >= 0.6 is 12.2 Å². The number of morpholine rings is 1. The van der Waals surface area contributed by atoms with E-state index >= 15 is 0 Å². The van der Waals surface area contributed by atoms with Crippen molar-refractivity contribution in [1.29, 1.82) is 0 Å². The molecule has 28 heavy (non-hydrogen) atoms. The fourth-order valence-electron chi connectivity index (χ4n) is 3.80. The van der Waals surface area contributed by atoms with Gasteiger partial charge in [0.2, 0.25) is 0 Å². The molecular formula is C23H24N2O2S. The standard InChI is InChI=1S/C23H24N2O2S/c1-2-17-6-5-9-21(12-17)27-16-22-15-25(10-11-26-22)23(28)24-20-13-18-7-3-4-8-19(18)14-20/h1,3-9,12,20,22H,10-11,13-16H2,(H,24,28). The van der Waals surface area contributed by atoms with Gasteiger partial charge in [-0.3, -0.25) is 0 Å². The van der Waals surface area contributed by atoms with Gasteiger partial charge in [0.1, 0.15) is 18.5 Å². The Hall–Kier alpha value is -2.55. The molecule has 1 unspecified atom stereocenters. The third-order valence-electron chi connectivity index (χ3n) is 5.24. The van der Waals surface area contributed by atoms with E-state index in [2.05, 4.69) is 40.4 Å². The van der Waals surface area contributed by atoms with Gasteiger partial charge in [-0.05, 0) is 54.4 Å². The van der Waals surface area contributed by atoms with Crippen LogP contribution in [0.5, 0.6) is 5.75 Å². The molecule has 0 saturated carbocycles. The molecule has 1 saturated heterocycles. The van der Waals surface area contributed by atoms with Gasteiger partial charge in [0.25, 0.3) is 0 Å². The molecular weight excluding hydrogens is 368 g/mol. The van der Waals surface area contributed by atoms with Crippen molar-refractivity contribution in [3.05, 3.63) is 65.2 Å². The quantitative estimate of drug-likeness (QED) is 0.639. The number of hydrogen-bond acceptors (Lipinski definition) is 3. The van der Waals surface area contributed by atoms with Crippen molar-refractivity contribution in [2.45, 2.75) is 25.0 Å². The minimum absolute atomic E-state index is 0.0243. The van der Waals surface area contributed by atoms with Crippen molar-refractivity contribution < 1.29 is 9.47 Å². The van der Waals surface area contributed by atoms with Gasteiger partial charge in [0.15, 0.2) is 5.11 Å². The van der Waals surface area contributed by atoms with Crippen LogP contribution in [0.25, 0.3) is 0 Å². The Kier molecular flexibility index (Phi) is 5.80. The van der Waals surface area contributed by atoms with Gasteiger partial charge in [0, 0.05) is 24.7 Å². The molecule has 4 rings (SSSR count). The summed E-state index contributed by atoms with van der Waals surface area (Å²) in [6.45, 7) is 2.64. The number of nitrogens with one attached hydrogen (secondary N) is 1. The van der Waals surface area contributed by atoms with Crippen molar-refractivity contribution in [3.8, 4) is 18.1 Å². The smallest absolute Gasteiger partial charge is 0.169 e. The van der Waals surface area contributed by atoms with Gasteiger partial charge in [-0.2, -0.15) is 0 Å². The summed E-state index contributed by atoms with van der Waals surface area (Å²) in [7, 11) is 0. The SMILES string of the molecule is C#Cc1cccc(OCC2CN(C(=S)NC3Cc4ccccc4C3)CCO2)c1. The van der Waals surface area contributed by atoms with Crippen LogP contribution in [0.2, 0.25) is 0 Å². The second-order valence-electron chi connectivity index (χ2n) is 7.25. The van der Waals surface area contributed by atoms with Crippen LogP contribution in [-0.4, -0.2) is 48.5 Å². The third kappa shape index (κ3) is 4.46. The Morgan fingerprint density at radius 3 is 2.75 bits per heavy atom. The third-order valence-corrected chi connectivity index (χ3v) is 5.62. The Morgan fingerprint density at radius 2 is 2.00 bits per heavy atom. The van der Waals surface area contributed by atoms with Crippen LogP contribution in [0.4, 0.5) is 0 Å². The van der Waals surface area contributed by atoms with E-state index < -0.39 is 0 Å². The second-order valence-corrected chi connectivity index (χ2v) is 7.63. The molecule has 4 nitrogen and oxygen atoms in total. The van der Waals surface area contributed by atoms with Crippen molar-refractivity contribution in [2.24, 2.45) is 0 Å². The van der Waals surface area contributed by atoms with Crippen molar-refractivity contribution in [3.63, 3.8) is 0 Å². The molecule has 144 valence electrons. The van der Waals surface area contributed by atoms with E-state index in [4.69, 9.17) is 28.1 Å². The maximum atomic E-state index is 5.88. The van der Waals surface area contributed by atoms with Gasteiger partial charge >= 0.3 is 0 Å². The first-order valence-electron chi connectivity index (χ1n) is 9.64. The number of nitrogens with zero attached hydrogens (tertiary/aromatic N) is 1. The van der Waals surface area contributed by atoms with Crippen LogP contribution in [-0.2, 0) is 17.6 Å². The largest absolute Gasteiger partial charge is 0.491 e. The summed E-state index contributed by atoms with van der Waals surface area (Å²) in [5.74, 6) is 3.39. The molecule has 0 amide bonds. The molecule has 1 fully saturated rings. The average molecular weight is 393 g/mol. The highest BCUT2D eigenvalue weighted by molar-refractivity contribution is 7.80. The summed E-state index contributed by atoms with van der Waals surface area (Å²) < 4.78 is 11.7. The van der Waals surface area contributed by atoms with E-state index in [1.165, 1.54) is 11.1 Å². The zero-order valence-corrected chi connectivity index (χ0v) is 16.6. The summed E-state index contributed by atoms with van der Waals surface area (Å²) in [5.41, 5.74) is 3.65. The molecule has 0 spiro atoms. The number of hydrogen-bond donors (Lipinski definition) is 1. The average Bonchev–Trinajstić information content (AvgIpc) is 3.15. The molecule has 0 aromatic heterocycles. The number of thiocarbonyl (C=S) groups is 1. The minimum atomic E-state index is -0.0243. The fourth-order valence-corrected chi connectivity index (χ4v) is 4.13. The molecule has 0 bridgehead atoms. The molecule has 1 heterocycles. The molecule has 2 aromatic carbocycles. The fraction of sp³-hybridized carbons (Fsp3) is 0.348. The van der Waals surface area contributed by atoms with E-state index in [9.17, 15) is 0 Å². The summed E-state index contributed by atoms with van der Waals surface area (Å²) in [5, 5.41) is 4.35. The van der Waals surface area contributed by atoms with Gasteiger partial charge in [-0.15, -0.1) is 6.42 Å². The summed E-state index contributed by atoms with van der Waals surface area (Å²) in [6.07, 6.45) is 7.47. The van der Waals surface area contributed by atoms with E-state index in [0.29, 0.717) is 19.3 Å². The molecule has 1 aliphatic carbocycles. The van der Waals surface area contributed by atoms with Crippen LogP contribution < -0.4 is 10.1 Å². The first-order valence-corrected chi connectivity index (χ1v) is 10.1. The summed E-state index contributed by atoms with van der Waals surface area (Å²) >= 11 is 5.68. The van der Waals surface area contributed by atoms with Crippen molar-refractivity contribution >= 4 is 17.3 Å². The van der Waals surface area contributed by atoms with Gasteiger partial charge < -0.3 is 19.7 Å². The predicted molar refractivity (Wildman–Crippen MR) is 115 cm³/mol. The number of fused-ring (bicyclic) bond motifs is 1. The lowest BCUT2D eigenvalue weighted by molar-refractivity contribution is -0.0289. The maximum absolute atomic E-state index is 5.88. The Bertz CT molecular complexity index is 867. The lowest BCUT2D eigenvalue weighted by atomic mass is 10.1. The molecule has 1 N–H and O–H groups in total. The van der Waals surface area contributed by atoms with Gasteiger partial charge in [0.05, 0.1) is 6.61 Å². The van der Waals surface area contributed by atoms with E-state index in [1.54, 1.807) is 0 Å². The molecule has 2 aromatic rings. The van der Waals surface area contributed by atoms with Crippen LogP contribution in [0.15, 0.2) is 48.5 Å². The van der Waals surface area contributed by atoms with Gasteiger partial charge in [-0.25, -0.2) is 0 Å². The Balaban J connectivity index is 1.27. The lowest BCUT2D eigenvalue weighted by Crippen LogP contribution is -2.53. The molecule has 2 aliphatic rings. The number of rotatable bonds is 4. The normalized spacial score (nSPS) is 19.0. The van der Waals surface area contributed by atoms with Crippen molar-refractivity contribution in [2.75, 3.05) is 26.3 Å². The molecule has 0 radical (unpaired) electrons. The first kappa shape index (κ1) is 18.8. The maximum Gasteiger partial charge on any atom is 0.169 e. The van der Waals surface area contributed by atoms with E-state index in [0.717, 1.165) is 42.4 Å². The molecule has 1 aliphatic heterocycles. The molecule has 5 heteroatoms. The summed E-state index contributed by atoms with van der Waals surface area (Å²) in [6, 6.07) is 16.5. The van der Waals surface area contributed by atoms with Crippen LogP contribution in [0, 0.1) is 12.3 Å². The highest BCUT2D eigenvalue weighted by atomic mass is 32.1. The number of benzene rings is 2. The monoisotopic (exact) mass is 392 g/mol. The van der Waals surface area contributed by atoms with Crippen molar-refractivity contribution in [1.82, 2.24) is 10.2 Å². The zero-order chi connectivity index (χ0) is 19.3. The Morgan fingerprint density at radius 1 is 1.21 bits per heavy atom. The zero-order valence-electron chi connectivity index (χ0n) is 15.8. The topological polar surface area (TPSA) is 33.7 Å². The minimum Gasteiger partial charge on any atom is -0.491 e. The second kappa shape index (κ2) is 8.64. The van der Waals surface area contributed by atoms with Gasteiger partial charge in [-0.1, -0.05) is 36.3 Å². The predicted octanol–water partition coefficient (Wildman–Crippen LogP) is 2.79. The highest BCUT2D eigenvalue weighted by Crippen LogP contribution is 2.22. The van der Waals surface area contributed by atoms with E-state index in [1.807, 2.05) is 24.3 Å². The van der Waals surface area contributed by atoms with E-state index in [-0.39, 0.29) is 6.10 Å². The molecule has 1 atom stereocenters. The highest BCUT2D eigenvalue weighted by Gasteiger charge is 2.26. The summed E-state index contributed by atoms with van der Waals surface area (Å²) in [4.78, 5) is 2.19.